The van der Waals surface area contributed by atoms with Crippen LogP contribution in [0.1, 0.15) is 57.2 Å². The summed E-state index contributed by atoms with van der Waals surface area (Å²) in [6.45, 7) is 4.60. The van der Waals surface area contributed by atoms with Gasteiger partial charge in [-0.3, -0.25) is 9.59 Å². The lowest BCUT2D eigenvalue weighted by atomic mass is 9.79. The van der Waals surface area contributed by atoms with E-state index in [1.54, 1.807) is 31.2 Å². The van der Waals surface area contributed by atoms with Gasteiger partial charge in [-0.05, 0) is 36.5 Å². The van der Waals surface area contributed by atoms with E-state index in [0.29, 0.717) is 5.56 Å². The number of halogens is 2. The Morgan fingerprint density at radius 2 is 1.85 bits per heavy atom. The van der Waals surface area contributed by atoms with Gasteiger partial charge in [-0.2, -0.15) is 0 Å². The standard InChI is InChI=1S/C24H31F2N3O5/c1-5-15-6-8-16(9-7-15)14(2)27-21(31)18-12-17(30)13-29(18)22(32)20(28-23(33)34)24(3,4)11-10-19(25)26/h1,6-9,14,17-20,28,30H,10-13H2,2-4H3,(H,27,31)(H,33,34)/t14?,17-,18+,20?/m1/s1. The molecule has 1 aromatic rings. The second kappa shape index (κ2) is 11.3. The lowest BCUT2D eigenvalue weighted by molar-refractivity contribution is -0.142. The summed E-state index contributed by atoms with van der Waals surface area (Å²) in [5, 5.41) is 24.4. The Balaban J connectivity index is 2.21. The Kier molecular flexibility index (Phi) is 8.99. The van der Waals surface area contributed by atoms with E-state index < -0.39 is 60.4 Å². The Morgan fingerprint density at radius 1 is 1.24 bits per heavy atom. The summed E-state index contributed by atoms with van der Waals surface area (Å²) in [4.78, 5) is 38.9. The SMILES string of the molecule is C#Cc1ccc(C(C)NC(=O)[C@@H]2C[C@@H](O)CN2C(=O)C(NC(=O)O)C(C)(C)CCC(F)F)cc1. The van der Waals surface area contributed by atoms with E-state index in [9.17, 15) is 33.4 Å². The number of aliphatic hydroxyl groups excluding tert-OH is 1. The second-order valence-electron chi connectivity index (χ2n) is 9.19. The van der Waals surface area contributed by atoms with Gasteiger partial charge in [0.2, 0.25) is 18.2 Å². The first-order valence-corrected chi connectivity index (χ1v) is 11.0. The van der Waals surface area contributed by atoms with Gasteiger partial charge in [-0.15, -0.1) is 6.42 Å². The molecule has 0 bridgehead atoms. The Bertz CT molecular complexity index is 930. The topological polar surface area (TPSA) is 119 Å². The molecule has 0 saturated carbocycles. The van der Waals surface area contributed by atoms with Crippen LogP contribution < -0.4 is 10.6 Å². The monoisotopic (exact) mass is 479 g/mol. The van der Waals surface area contributed by atoms with Crippen molar-refractivity contribution in [1.29, 1.82) is 0 Å². The summed E-state index contributed by atoms with van der Waals surface area (Å²) in [5.41, 5.74) is 0.304. The molecule has 1 aromatic carbocycles. The van der Waals surface area contributed by atoms with Crippen LogP contribution in [-0.4, -0.2) is 64.2 Å². The van der Waals surface area contributed by atoms with E-state index >= 15 is 0 Å². The van der Waals surface area contributed by atoms with Crippen LogP contribution >= 0.6 is 0 Å². The van der Waals surface area contributed by atoms with Gasteiger partial charge in [0.1, 0.15) is 12.1 Å². The van der Waals surface area contributed by atoms with E-state index in [1.807, 2.05) is 0 Å². The van der Waals surface area contributed by atoms with Crippen LogP contribution in [0.15, 0.2) is 24.3 Å². The van der Waals surface area contributed by atoms with Crippen LogP contribution in [0.5, 0.6) is 0 Å². The number of carboxylic acid groups (broad SMARTS) is 1. The predicted octanol–water partition coefficient (Wildman–Crippen LogP) is 2.51. The number of amides is 3. The smallest absolute Gasteiger partial charge is 0.405 e. The van der Waals surface area contributed by atoms with Crippen LogP contribution in [0.3, 0.4) is 0 Å². The number of likely N-dealkylation sites (tertiary alicyclic amines) is 1. The minimum Gasteiger partial charge on any atom is -0.465 e. The van der Waals surface area contributed by atoms with Crippen LogP contribution in [-0.2, 0) is 9.59 Å². The summed E-state index contributed by atoms with van der Waals surface area (Å²) >= 11 is 0. The summed E-state index contributed by atoms with van der Waals surface area (Å²) in [6, 6.07) is 4.16. The molecule has 1 aliphatic heterocycles. The normalized spacial score (nSPS) is 19.9. The van der Waals surface area contributed by atoms with Gasteiger partial charge >= 0.3 is 6.09 Å². The number of β-amino-alcohol motifs (C(OH)–C–C–N with tert-alkyl or cyclic N) is 1. The Morgan fingerprint density at radius 3 is 2.38 bits per heavy atom. The molecule has 0 spiro atoms. The number of terminal acetylenes is 1. The first kappa shape index (κ1) is 27.1. The third-order valence-corrected chi connectivity index (χ3v) is 6.10. The fourth-order valence-electron chi connectivity index (χ4n) is 4.07. The lowest BCUT2D eigenvalue weighted by Gasteiger charge is -2.37. The number of hydrogen-bond donors (Lipinski definition) is 4. The molecule has 1 fully saturated rings. The molecule has 34 heavy (non-hydrogen) atoms. The zero-order chi connectivity index (χ0) is 25.6. The molecule has 2 unspecified atom stereocenters. The summed E-state index contributed by atoms with van der Waals surface area (Å²) < 4.78 is 25.6. The molecule has 2 rings (SSSR count). The van der Waals surface area contributed by atoms with Crippen molar-refractivity contribution in [3.63, 3.8) is 0 Å². The number of carbonyl (C=O) groups excluding carboxylic acids is 2. The minimum atomic E-state index is -2.61. The van der Waals surface area contributed by atoms with Crippen LogP contribution in [0, 0.1) is 17.8 Å². The van der Waals surface area contributed by atoms with Crippen molar-refractivity contribution in [3.05, 3.63) is 35.4 Å². The quantitative estimate of drug-likeness (QED) is 0.406. The number of hydrogen-bond acceptors (Lipinski definition) is 4. The predicted molar refractivity (Wildman–Crippen MR) is 121 cm³/mol. The summed E-state index contributed by atoms with van der Waals surface area (Å²) in [7, 11) is 0. The summed E-state index contributed by atoms with van der Waals surface area (Å²) in [6.07, 6.45) is -0.401. The minimum absolute atomic E-state index is 0.0302. The number of alkyl halides is 2. The highest BCUT2D eigenvalue weighted by molar-refractivity contribution is 5.92. The molecule has 186 valence electrons. The molecule has 1 saturated heterocycles. The van der Waals surface area contributed by atoms with Crippen molar-refractivity contribution in [1.82, 2.24) is 15.5 Å². The van der Waals surface area contributed by atoms with Gasteiger partial charge in [0, 0.05) is 24.9 Å². The fraction of sp³-hybridized carbons (Fsp3) is 0.542. The zero-order valence-corrected chi connectivity index (χ0v) is 19.4. The Hall–Kier alpha value is -3.19. The molecule has 0 aliphatic carbocycles. The molecule has 0 radical (unpaired) electrons. The van der Waals surface area contributed by atoms with Gasteiger partial charge in [0.25, 0.3) is 0 Å². The highest BCUT2D eigenvalue weighted by Gasteiger charge is 2.46. The largest absolute Gasteiger partial charge is 0.465 e. The van der Waals surface area contributed by atoms with Crippen LogP contribution in [0.2, 0.25) is 0 Å². The third-order valence-electron chi connectivity index (χ3n) is 6.10. The lowest BCUT2D eigenvalue weighted by Crippen LogP contribution is -2.58. The van der Waals surface area contributed by atoms with E-state index in [1.165, 1.54) is 13.8 Å². The molecule has 1 heterocycles. The maximum absolute atomic E-state index is 13.4. The molecule has 4 atom stereocenters. The number of rotatable bonds is 9. The van der Waals surface area contributed by atoms with Gasteiger partial charge in [-0.1, -0.05) is 31.9 Å². The maximum atomic E-state index is 13.4. The van der Waals surface area contributed by atoms with Crippen molar-refractivity contribution in [2.45, 2.75) is 70.7 Å². The highest BCUT2D eigenvalue weighted by atomic mass is 19.3. The highest BCUT2D eigenvalue weighted by Crippen LogP contribution is 2.32. The maximum Gasteiger partial charge on any atom is 0.405 e. The number of nitrogens with zero attached hydrogens (tertiary/aromatic N) is 1. The summed E-state index contributed by atoms with van der Waals surface area (Å²) in [5.74, 6) is 1.24. The zero-order valence-electron chi connectivity index (χ0n) is 19.4. The molecule has 3 amide bonds. The number of benzene rings is 1. The van der Waals surface area contributed by atoms with Crippen molar-refractivity contribution in [3.8, 4) is 12.3 Å². The molecule has 1 aliphatic rings. The number of carbonyl (C=O) groups is 3. The molecule has 8 nitrogen and oxygen atoms in total. The van der Waals surface area contributed by atoms with Crippen molar-refractivity contribution in [2.75, 3.05) is 6.54 Å². The Labute approximate surface area is 197 Å². The second-order valence-corrected chi connectivity index (χ2v) is 9.19. The fourth-order valence-corrected chi connectivity index (χ4v) is 4.07. The molecule has 0 aromatic heterocycles. The molecular weight excluding hydrogens is 448 g/mol. The molecule has 10 heteroatoms. The van der Waals surface area contributed by atoms with Crippen molar-refractivity contribution < 1.29 is 33.4 Å². The van der Waals surface area contributed by atoms with Crippen molar-refractivity contribution in [2.24, 2.45) is 5.41 Å². The molecular formula is C24H31F2N3O5. The van der Waals surface area contributed by atoms with Gasteiger partial charge < -0.3 is 25.7 Å². The first-order chi connectivity index (χ1) is 15.9. The van der Waals surface area contributed by atoms with Crippen molar-refractivity contribution >= 4 is 17.9 Å². The molecule has 4 N–H and O–H groups in total. The van der Waals surface area contributed by atoms with E-state index in [0.717, 1.165) is 10.5 Å². The van der Waals surface area contributed by atoms with Gasteiger partial charge in [-0.25, -0.2) is 13.6 Å². The first-order valence-electron chi connectivity index (χ1n) is 11.0. The van der Waals surface area contributed by atoms with E-state index in [4.69, 9.17) is 6.42 Å². The van der Waals surface area contributed by atoms with Gasteiger partial charge in [0.15, 0.2) is 0 Å². The van der Waals surface area contributed by atoms with E-state index in [2.05, 4.69) is 16.6 Å². The third kappa shape index (κ3) is 6.90. The number of nitrogens with one attached hydrogen (secondary N) is 2. The average Bonchev–Trinajstić information content (AvgIpc) is 3.17. The van der Waals surface area contributed by atoms with Crippen LogP contribution in [0.25, 0.3) is 0 Å². The van der Waals surface area contributed by atoms with Crippen LogP contribution in [0.4, 0.5) is 13.6 Å². The van der Waals surface area contributed by atoms with E-state index in [-0.39, 0.29) is 19.4 Å². The van der Waals surface area contributed by atoms with Gasteiger partial charge in [0.05, 0.1) is 12.1 Å². The number of aliphatic hydroxyl groups is 1. The average molecular weight is 480 g/mol.